The minimum atomic E-state index is -1.11. The molecule has 1 amide bonds. The summed E-state index contributed by atoms with van der Waals surface area (Å²) in [4.78, 5) is 46.7. The molecule has 7 heteroatoms. The minimum absolute atomic E-state index is 0.0327. The van der Waals surface area contributed by atoms with Gasteiger partial charge in [0, 0.05) is 18.3 Å². The van der Waals surface area contributed by atoms with Crippen LogP contribution in [0.5, 0.6) is 0 Å². The van der Waals surface area contributed by atoms with Crippen LogP contribution in [0.25, 0.3) is 0 Å². The molecule has 0 bridgehead atoms. The van der Waals surface area contributed by atoms with Crippen LogP contribution in [0, 0.1) is 28.6 Å². The topological polar surface area (TPSA) is 110 Å². The van der Waals surface area contributed by atoms with E-state index in [1.807, 2.05) is 6.08 Å². The first-order chi connectivity index (χ1) is 15.1. The minimum Gasteiger partial charge on any atom is -0.480 e. The van der Waals surface area contributed by atoms with E-state index in [4.69, 9.17) is 9.84 Å². The Balaban J connectivity index is 1.37. The zero-order valence-electron chi connectivity index (χ0n) is 19.2. The molecule has 0 aromatic heterocycles. The van der Waals surface area contributed by atoms with Gasteiger partial charge in [0.15, 0.2) is 5.78 Å². The van der Waals surface area contributed by atoms with E-state index in [2.05, 4.69) is 19.2 Å². The molecule has 0 unspecified atom stereocenters. The zero-order chi connectivity index (χ0) is 23.1. The van der Waals surface area contributed by atoms with Crippen LogP contribution in [0.4, 0.5) is 0 Å². The second-order valence-electron chi connectivity index (χ2n) is 10.7. The Morgan fingerprint density at radius 2 is 1.84 bits per heavy atom. The van der Waals surface area contributed by atoms with Crippen molar-refractivity contribution in [3.05, 3.63) is 11.6 Å². The Morgan fingerprint density at radius 3 is 2.59 bits per heavy atom. The van der Waals surface area contributed by atoms with Gasteiger partial charge in [-0.1, -0.05) is 19.4 Å². The normalized spacial score (nSPS) is 38.1. The third kappa shape index (κ3) is 4.11. The lowest BCUT2D eigenvalue weighted by molar-refractivity contribution is -0.160. The van der Waals surface area contributed by atoms with Gasteiger partial charge in [0.1, 0.15) is 12.6 Å². The van der Waals surface area contributed by atoms with E-state index < -0.39 is 18.4 Å². The molecule has 32 heavy (non-hydrogen) atoms. The smallest absolute Gasteiger partial charge is 0.322 e. The van der Waals surface area contributed by atoms with Gasteiger partial charge in [-0.3, -0.25) is 19.2 Å². The molecule has 2 N–H and O–H groups in total. The van der Waals surface area contributed by atoms with Crippen LogP contribution in [0.3, 0.4) is 0 Å². The highest BCUT2D eigenvalue weighted by molar-refractivity contribution is 5.91. The molecule has 0 heterocycles. The summed E-state index contributed by atoms with van der Waals surface area (Å²) in [6.07, 6.45) is 9.50. The summed E-state index contributed by atoms with van der Waals surface area (Å²) in [6, 6.07) is 0. The van der Waals surface area contributed by atoms with Crippen LogP contribution in [-0.2, 0) is 23.9 Å². The van der Waals surface area contributed by atoms with Crippen LogP contribution in [0.15, 0.2) is 11.6 Å². The Kier molecular flexibility index (Phi) is 6.21. The van der Waals surface area contributed by atoms with E-state index in [0.29, 0.717) is 24.2 Å². The number of aliphatic carboxylic acids is 1. The molecule has 0 spiro atoms. The maximum Gasteiger partial charge on any atom is 0.322 e. The standard InChI is InChI=1S/C25H35NO6/c1-24-11-9-16(27)13-15(24)3-4-17-18-5-6-20(25(18,2)12-10-19(17)24)32-23(31)8-7-21(28)26-14-22(29)30/h13,17-20H,3-12,14H2,1-2H3,(H,26,28)(H,29,30)/t17-,18-,19+,20-,24-,25-/m0/s1. The molecule has 3 saturated carbocycles. The number of amides is 1. The molecule has 0 aromatic rings. The van der Waals surface area contributed by atoms with Crippen molar-refractivity contribution in [1.82, 2.24) is 5.32 Å². The maximum absolute atomic E-state index is 12.5. The Morgan fingerprint density at radius 1 is 1.06 bits per heavy atom. The first kappa shape index (κ1) is 23.0. The average Bonchev–Trinajstić information content (AvgIpc) is 3.07. The number of carboxylic acid groups (broad SMARTS) is 1. The second-order valence-corrected chi connectivity index (χ2v) is 10.7. The van der Waals surface area contributed by atoms with Crippen molar-refractivity contribution in [2.24, 2.45) is 28.6 Å². The fraction of sp³-hybridized carbons (Fsp3) is 0.760. The molecule has 7 nitrogen and oxygen atoms in total. The number of hydrogen-bond donors (Lipinski definition) is 2. The first-order valence-electron chi connectivity index (χ1n) is 12.1. The van der Waals surface area contributed by atoms with Crippen LogP contribution in [0.2, 0.25) is 0 Å². The lowest BCUT2D eigenvalue weighted by atomic mass is 9.47. The third-order valence-corrected chi connectivity index (χ3v) is 9.14. The van der Waals surface area contributed by atoms with Crippen molar-refractivity contribution in [2.45, 2.75) is 84.2 Å². The fourth-order valence-corrected chi connectivity index (χ4v) is 7.40. The molecule has 3 fully saturated rings. The summed E-state index contributed by atoms with van der Waals surface area (Å²) in [6.45, 7) is 4.20. The summed E-state index contributed by atoms with van der Waals surface area (Å²) in [5.41, 5.74) is 1.46. The Hall–Kier alpha value is -2.18. The van der Waals surface area contributed by atoms with Crippen molar-refractivity contribution >= 4 is 23.6 Å². The van der Waals surface area contributed by atoms with Crippen molar-refractivity contribution in [3.8, 4) is 0 Å². The number of ether oxygens (including phenoxy) is 1. The maximum atomic E-state index is 12.5. The summed E-state index contributed by atoms with van der Waals surface area (Å²) in [5, 5.41) is 10.9. The molecular weight excluding hydrogens is 410 g/mol. The zero-order valence-corrected chi connectivity index (χ0v) is 19.2. The highest BCUT2D eigenvalue weighted by Crippen LogP contribution is 2.65. The van der Waals surface area contributed by atoms with Crippen molar-refractivity contribution in [2.75, 3.05) is 6.54 Å². The number of nitrogens with one attached hydrogen (secondary N) is 1. The van der Waals surface area contributed by atoms with E-state index in [1.54, 1.807) is 0 Å². The predicted octanol–water partition coefficient (Wildman–Crippen LogP) is 3.41. The van der Waals surface area contributed by atoms with E-state index in [9.17, 15) is 19.2 Å². The highest BCUT2D eigenvalue weighted by atomic mass is 16.5. The quantitative estimate of drug-likeness (QED) is 0.607. The summed E-state index contributed by atoms with van der Waals surface area (Å²) >= 11 is 0. The number of carboxylic acids is 1. The van der Waals surface area contributed by atoms with Crippen LogP contribution >= 0.6 is 0 Å². The van der Waals surface area contributed by atoms with E-state index in [1.165, 1.54) is 5.57 Å². The lowest BCUT2D eigenvalue weighted by Gasteiger charge is -2.57. The number of hydrogen-bond acceptors (Lipinski definition) is 5. The molecule has 0 saturated heterocycles. The van der Waals surface area contributed by atoms with E-state index in [-0.39, 0.29) is 41.5 Å². The number of carbonyl (C=O) groups is 4. The van der Waals surface area contributed by atoms with Gasteiger partial charge in [0.25, 0.3) is 0 Å². The van der Waals surface area contributed by atoms with Gasteiger partial charge in [-0.15, -0.1) is 0 Å². The largest absolute Gasteiger partial charge is 0.480 e. The summed E-state index contributed by atoms with van der Waals surface area (Å²) < 4.78 is 5.89. The van der Waals surface area contributed by atoms with Gasteiger partial charge in [0.2, 0.25) is 5.91 Å². The second kappa shape index (κ2) is 8.64. The fourth-order valence-electron chi connectivity index (χ4n) is 7.40. The van der Waals surface area contributed by atoms with E-state index in [0.717, 1.165) is 44.9 Å². The molecule has 4 aliphatic rings. The molecule has 176 valence electrons. The van der Waals surface area contributed by atoms with Gasteiger partial charge >= 0.3 is 11.9 Å². The molecule has 0 radical (unpaired) electrons. The van der Waals surface area contributed by atoms with Crippen LogP contribution in [0.1, 0.15) is 78.1 Å². The molecular formula is C25H35NO6. The summed E-state index contributed by atoms with van der Waals surface area (Å²) in [7, 11) is 0. The number of rotatable bonds is 6. The third-order valence-electron chi connectivity index (χ3n) is 9.14. The van der Waals surface area contributed by atoms with Gasteiger partial charge in [-0.2, -0.15) is 0 Å². The number of carbonyl (C=O) groups excluding carboxylic acids is 3. The molecule has 6 atom stereocenters. The molecule has 4 rings (SSSR count). The molecule has 4 aliphatic carbocycles. The van der Waals surface area contributed by atoms with Crippen molar-refractivity contribution in [1.29, 1.82) is 0 Å². The predicted molar refractivity (Wildman–Crippen MR) is 116 cm³/mol. The van der Waals surface area contributed by atoms with Gasteiger partial charge < -0.3 is 15.2 Å². The van der Waals surface area contributed by atoms with Crippen molar-refractivity contribution in [3.63, 3.8) is 0 Å². The summed E-state index contributed by atoms with van der Waals surface area (Å²) in [5.74, 6) is 0.0628. The average molecular weight is 446 g/mol. The van der Waals surface area contributed by atoms with Crippen LogP contribution in [-0.4, -0.2) is 41.4 Å². The van der Waals surface area contributed by atoms with Gasteiger partial charge in [-0.05, 0) is 74.2 Å². The molecule has 0 aliphatic heterocycles. The Bertz CT molecular complexity index is 849. The monoisotopic (exact) mass is 445 g/mol. The van der Waals surface area contributed by atoms with E-state index >= 15 is 0 Å². The van der Waals surface area contributed by atoms with Crippen molar-refractivity contribution < 1.29 is 29.0 Å². The first-order valence-corrected chi connectivity index (χ1v) is 12.1. The van der Waals surface area contributed by atoms with Crippen LogP contribution < -0.4 is 5.32 Å². The number of esters is 1. The molecule has 0 aromatic carbocycles. The SMILES string of the molecule is C[C@]12CC[C@@H]3[C@@H](CCC4=CC(=O)CC[C@@]43C)[C@@H]1CC[C@@H]2OC(=O)CCC(=O)NCC(=O)O. The number of allylic oxidation sites excluding steroid dienone is 1. The number of ketones is 1. The van der Waals surface area contributed by atoms with Gasteiger partial charge in [-0.25, -0.2) is 0 Å². The lowest BCUT2D eigenvalue weighted by Crippen LogP contribution is -2.51. The Labute approximate surface area is 189 Å². The van der Waals surface area contributed by atoms with Gasteiger partial charge in [0.05, 0.1) is 6.42 Å². The number of fused-ring (bicyclic) bond motifs is 5. The highest BCUT2D eigenvalue weighted by Gasteiger charge is 2.59.